The molecule has 0 saturated heterocycles. The molecule has 2 N–H and O–H groups in total. The van der Waals surface area contributed by atoms with Crippen molar-refractivity contribution in [2.24, 2.45) is 0 Å². The van der Waals surface area contributed by atoms with Gasteiger partial charge in [-0.05, 0) is 105 Å². The van der Waals surface area contributed by atoms with Gasteiger partial charge in [0.05, 0.1) is 6.04 Å². The monoisotopic (exact) mass is 642 g/mol. The third-order valence-corrected chi connectivity index (χ3v) is 8.49. The van der Waals surface area contributed by atoms with Crippen molar-refractivity contribution >= 4 is 41.1 Å². The van der Waals surface area contributed by atoms with E-state index in [2.05, 4.69) is 46.2 Å². The van der Waals surface area contributed by atoms with Crippen LogP contribution in [0.5, 0.6) is 0 Å². The Hall–Kier alpha value is -4.47. The van der Waals surface area contributed by atoms with E-state index in [1.807, 2.05) is 45.9 Å². The van der Waals surface area contributed by atoms with Gasteiger partial charge in [-0.25, -0.2) is 14.7 Å². The number of rotatable bonds is 12. The molecule has 3 aromatic carbocycles. The molecular weight excluding hydrogens is 600 g/mol. The van der Waals surface area contributed by atoms with Gasteiger partial charge in [0.1, 0.15) is 5.82 Å². The van der Waals surface area contributed by atoms with Gasteiger partial charge in [0.15, 0.2) is 0 Å². The lowest BCUT2D eigenvalue weighted by molar-refractivity contribution is 0.0779. The fraction of sp³-hybridized carbons (Fsp3) is 0.333. The van der Waals surface area contributed by atoms with Crippen LogP contribution in [-0.4, -0.2) is 70.1 Å². The zero-order chi connectivity index (χ0) is 33.5. The number of halogens is 1. The molecule has 1 aromatic heterocycles. The number of benzene rings is 3. The summed E-state index contributed by atoms with van der Waals surface area (Å²) in [4.78, 5) is 40.6. The van der Waals surface area contributed by atoms with Crippen LogP contribution in [0.1, 0.15) is 63.6 Å². The highest BCUT2D eigenvalue weighted by Crippen LogP contribution is 2.39. The summed E-state index contributed by atoms with van der Waals surface area (Å²) in [6.07, 6.45) is 0.349. The maximum atomic E-state index is 13.2. The third kappa shape index (κ3) is 8.02. The average Bonchev–Trinajstić information content (AvgIpc) is 3.01. The molecule has 1 unspecified atom stereocenters. The van der Waals surface area contributed by atoms with Gasteiger partial charge in [0, 0.05) is 42.6 Å². The number of hydrogen-bond acceptors (Lipinski definition) is 6. The fourth-order valence-electron chi connectivity index (χ4n) is 5.85. The van der Waals surface area contributed by atoms with E-state index in [1.165, 1.54) is 11.1 Å². The number of carbonyl (C=O) groups excluding carboxylic acids is 1. The Morgan fingerprint density at radius 1 is 0.913 bits per heavy atom. The Balaban J connectivity index is 1.70. The highest BCUT2D eigenvalue weighted by atomic mass is 35.5. The zero-order valence-corrected chi connectivity index (χ0v) is 28.4. The Kier molecular flexibility index (Phi) is 11.4. The van der Waals surface area contributed by atoms with Crippen molar-refractivity contribution in [3.63, 3.8) is 0 Å². The zero-order valence-electron chi connectivity index (χ0n) is 27.6. The van der Waals surface area contributed by atoms with Crippen molar-refractivity contribution in [3.05, 3.63) is 111 Å². The van der Waals surface area contributed by atoms with E-state index >= 15 is 0 Å². The molecule has 10 heteroatoms. The Labute approximate surface area is 276 Å². The molecule has 46 heavy (non-hydrogen) atoms. The molecule has 0 radical (unpaired) electrons. The number of carboxylic acid groups (broad SMARTS) is 1. The average molecular weight is 643 g/mol. The second-order valence-electron chi connectivity index (χ2n) is 11.6. The Morgan fingerprint density at radius 2 is 1.61 bits per heavy atom. The molecule has 0 spiro atoms. The van der Waals surface area contributed by atoms with Gasteiger partial charge >= 0.3 is 6.09 Å². The number of nitrogens with zero attached hydrogens (tertiary/aromatic N) is 5. The lowest BCUT2D eigenvalue weighted by Gasteiger charge is -2.33. The van der Waals surface area contributed by atoms with E-state index in [-0.39, 0.29) is 17.7 Å². The van der Waals surface area contributed by atoms with Crippen LogP contribution in [0.15, 0.2) is 66.9 Å². The van der Waals surface area contributed by atoms with Gasteiger partial charge in [0.2, 0.25) is 5.95 Å². The van der Waals surface area contributed by atoms with Crippen LogP contribution in [0, 0.1) is 27.7 Å². The molecule has 0 bridgehead atoms. The molecule has 4 aromatic rings. The molecule has 0 saturated carbocycles. The Bertz CT molecular complexity index is 1680. The largest absolute Gasteiger partial charge is 0.465 e. The molecule has 0 aliphatic heterocycles. The van der Waals surface area contributed by atoms with Crippen molar-refractivity contribution in [2.75, 3.05) is 43.4 Å². The second kappa shape index (κ2) is 15.2. The summed E-state index contributed by atoms with van der Waals surface area (Å²) in [6.45, 7) is 15.4. The van der Waals surface area contributed by atoms with Gasteiger partial charge in [0.25, 0.3) is 5.91 Å². The van der Waals surface area contributed by atoms with Crippen molar-refractivity contribution in [1.29, 1.82) is 0 Å². The van der Waals surface area contributed by atoms with E-state index in [4.69, 9.17) is 11.6 Å². The number of nitrogens with one attached hydrogen (secondary N) is 1. The summed E-state index contributed by atoms with van der Waals surface area (Å²) in [5.41, 5.74) is 6.67. The van der Waals surface area contributed by atoms with Crippen molar-refractivity contribution < 1.29 is 14.7 Å². The fourth-order valence-corrected chi connectivity index (χ4v) is 6.03. The number of anilines is 3. The normalized spacial score (nSPS) is 11.8. The molecule has 0 aliphatic carbocycles. The number of aryl methyl sites for hydroxylation is 4. The number of aromatic nitrogens is 2. The molecule has 1 heterocycles. The molecule has 9 nitrogen and oxygen atoms in total. The lowest BCUT2D eigenvalue weighted by atomic mass is 9.87. The number of likely N-dealkylation sites (N-methyl/N-ethyl adjacent to an activating group) is 2. The standard InChI is InChI=1S/C36H43ClN6O3/c1-8-42(9-2)18-17-41(7)34(44)27-11-10-12-29(21-27)39-35-38-16-15-31(40-35)43(36(45)46)33(30-22-28(37)14-13-24(30)4)32-25(5)19-23(3)20-26(32)6/h10-16,19-22,33H,8-9,17-18H2,1-7H3,(H,45,46)(H,38,39,40). The van der Waals surface area contributed by atoms with Crippen LogP contribution in [0.25, 0.3) is 0 Å². The minimum Gasteiger partial charge on any atom is -0.465 e. The highest BCUT2D eigenvalue weighted by molar-refractivity contribution is 6.30. The summed E-state index contributed by atoms with van der Waals surface area (Å²) in [6, 6.07) is 17.6. The van der Waals surface area contributed by atoms with E-state index < -0.39 is 12.1 Å². The minimum absolute atomic E-state index is 0.0916. The number of hydrogen-bond donors (Lipinski definition) is 2. The maximum absolute atomic E-state index is 13.2. The third-order valence-electron chi connectivity index (χ3n) is 8.26. The predicted molar refractivity (Wildman–Crippen MR) is 186 cm³/mol. The molecule has 0 fully saturated rings. The lowest BCUT2D eigenvalue weighted by Crippen LogP contribution is -2.36. The molecule has 0 aliphatic rings. The van der Waals surface area contributed by atoms with Gasteiger partial charge in [-0.15, -0.1) is 0 Å². The van der Waals surface area contributed by atoms with Crippen LogP contribution < -0.4 is 10.2 Å². The van der Waals surface area contributed by atoms with Crippen LogP contribution in [0.3, 0.4) is 0 Å². The maximum Gasteiger partial charge on any atom is 0.413 e. The second-order valence-corrected chi connectivity index (χ2v) is 12.0. The van der Waals surface area contributed by atoms with E-state index in [1.54, 1.807) is 42.3 Å². The van der Waals surface area contributed by atoms with Crippen LogP contribution in [0.4, 0.5) is 22.2 Å². The first-order chi connectivity index (χ1) is 21.9. The summed E-state index contributed by atoms with van der Waals surface area (Å²) in [5.74, 6) is 0.297. The van der Waals surface area contributed by atoms with E-state index in [9.17, 15) is 14.7 Å². The quantitative estimate of drug-likeness (QED) is 0.163. The van der Waals surface area contributed by atoms with Gasteiger partial charge < -0.3 is 20.2 Å². The topological polar surface area (TPSA) is 102 Å². The van der Waals surface area contributed by atoms with Crippen molar-refractivity contribution in [1.82, 2.24) is 19.8 Å². The van der Waals surface area contributed by atoms with Crippen molar-refractivity contribution in [2.45, 2.75) is 47.6 Å². The minimum atomic E-state index is -1.17. The summed E-state index contributed by atoms with van der Waals surface area (Å²) >= 11 is 6.47. The first-order valence-corrected chi connectivity index (χ1v) is 15.8. The number of carbonyl (C=O) groups is 2. The summed E-state index contributed by atoms with van der Waals surface area (Å²) in [5, 5.41) is 14.4. The summed E-state index contributed by atoms with van der Waals surface area (Å²) < 4.78 is 0. The van der Waals surface area contributed by atoms with Crippen LogP contribution >= 0.6 is 11.6 Å². The summed E-state index contributed by atoms with van der Waals surface area (Å²) in [7, 11) is 1.80. The van der Waals surface area contributed by atoms with Gasteiger partial charge in [-0.2, -0.15) is 4.98 Å². The smallest absolute Gasteiger partial charge is 0.413 e. The molecule has 4 rings (SSSR count). The van der Waals surface area contributed by atoms with Gasteiger partial charge in [-0.3, -0.25) is 4.79 Å². The van der Waals surface area contributed by atoms with Gasteiger partial charge in [-0.1, -0.05) is 55.3 Å². The molecule has 2 amide bonds. The first-order valence-electron chi connectivity index (χ1n) is 15.5. The SMILES string of the molecule is CCN(CC)CCN(C)C(=O)c1cccc(Nc2nccc(N(C(=O)O)C(c3cc(Cl)ccc3C)c3c(C)cc(C)cc3C)n2)c1. The predicted octanol–water partition coefficient (Wildman–Crippen LogP) is 7.80. The molecule has 1 atom stereocenters. The highest BCUT2D eigenvalue weighted by Gasteiger charge is 2.33. The van der Waals surface area contributed by atoms with E-state index in [0.717, 1.165) is 53.0 Å². The first kappa shape index (κ1) is 34.4. The van der Waals surface area contributed by atoms with E-state index in [0.29, 0.717) is 22.8 Å². The molecular formula is C36H43ClN6O3. The van der Waals surface area contributed by atoms with Crippen LogP contribution in [0.2, 0.25) is 5.02 Å². The Morgan fingerprint density at radius 3 is 2.26 bits per heavy atom. The number of amides is 2. The molecule has 242 valence electrons. The van der Waals surface area contributed by atoms with Crippen LogP contribution in [-0.2, 0) is 0 Å². The van der Waals surface area contributed by atoms with Crippen molar-refractivity contribution in [3.8, 4) is 0 Å².